The van der Waals surface area contributed by atoms with E-state index in [1.165, 1.54) is 12.1 Å². The molecule has 12 heteroatoms. The molecule has 1 aromatic carbocycles. The molecule has 5 nitrogen and oxygen atoms in total. The summed E-state index contributed by atoms with van der Waals surface area (Å²) >= 11 is 0. The number of rotatable bonds is 2. The number of nitrogens with zero attached hydrogens (tertiary/aromatic N) is 1. The van der Waals surface area contributed by atoms with E-state index in [9.17, 15) is 39.6 Å². The number of benzene rings is 1. The van der Waals surface area contributed by atoms with Crippen LogP contribution in [0.4, 0.5) is 26.3 Å². The van der Waals surface area contributed by atoms with Crippen LogP contribution in [0, 0.1) is 0 Å². The summed E-state index contributed by atoms with van der Waals surface area (Å²) in [4.78, 5) is 11.8. The Bertz CT molecular complexity index is 772. The summed E-state index contributed by atoms with van der Waals surface area (Å²) in [5, 5.41) is 0. The standard InChI is InChI=1S/C13H11F6NO4S/c14-12(15,16)11(21)20-6-4-8-2-1-3-10(9(8)5-7-20)24-25(22,23)13(17,18)19/h1-3H,4-7H2. The van der Waals surface area contributed by atoms with Gasteiger partial charge < -0.3 is 9.08 Å². The van der Waals surface area contributed by atoms with Gasteiger partial charge in [-0.2, -0.15) is 34.8 Å². The Balaban J connectivity index is 2.29. The van der Waals surface area contributed by atoms with Crippen LogP contribution >= 0.6 is 0 Å². The molecule has 25 heavy (non-hydrogen) atoms. The summed E-state index contributed by atoms with van der Waals surface area (Å²) in [6, 6.07) is 3.62. The van der Waals surface area contributed by atoms with E-state index in [1.807, 2.05) is 0 Å². The van der Waals surface area contributed by atoms with Crippen molar-refractivity contribution in [2.24, 2.45) is 0 Å². The van der Waals surface area contributed by atoms with Crippen LogP contribution in [0.1, 0.15) is 11.1 Å². The molecule has 0 radical (unpaired) electrons. The fraction of sp³-hybridized carbons (Fsp3) is 0.462. The minimum atomic E-state index is -5.91. The Labute approximate surface area is 138 Å². The third kappa shape index (κ3) is 4.17. The van der Waals surface area contributed by atoms with Crippen molar-refractivity contribution in [2.45, 2.75) is 24.5 Å². The highest BCUT2D eigenvalue weighted by molar-refractivity contribution is 7.88. The number of halogens is 6. The predicted octanol–water partition coefficient (Wildman–Crippen LogP) is 2.40. The third-order valence-electron chi connectivity index (χ3n) is 3.53. The zero-order chi connectivity index (χ0) is 19.0. The highest BCUT2D eigenvalue weighted by Crippen LogP contribution is 2.32. The van der Waals surface area contributed by atoms with Crippen molar-refractivity contribution >= 4 is 16.0 Å². The molecule has 1 amide bonds. The predicted molar refractivity (Wildman–Crippen MR) is 72.1 cm³/mol. The summed E-state index contributed by atoms with van der Waals surface area (Å²) in [7, 11) is -5.91. The molecule has 0 saturated heterocycles. The Morgan fingerprint density at radius 1 is 1.04 bits per heavy atom. The first-order valence-electron chi connectivity index (χ1n) is 6.80. The van der Waals surface area contributed by atoms with E-state index in [1.54, 1.807) is 0 Å². The second-order valence-electron chi connectivity index (χ2n) is 5.17. The first-order valence-corrected chi connectivity index (χ1v) is 8.21. The zero-order valence-corrected chi connectivity index (χ0v) is 13.1. The summed E-state index contributed by atoms with van der Waals surface area (Å²) in [6.07, 6.45) is -5.43. The lowest BCUT2D eigenvalue weighted by atomic mass is 10.0. The van der Waals surface area contributed by atoms with E-state index in [2.05, 4.69) is 4.18 Å². The molecule has 0 fully saturated rings. The Kier molecular flexibility index (Phi) is 4.94. The Morgan fingerprint density at radius 2 is 1.64 bits per heavy atom. The van der Waals surface area contributed by atoms with Gasteiger partial charge in [0.25, 0.3) is 0 Å². The quantitative estimate of drug-likeness (QED) is 0.441. The van der Waals surface area contributed by atoms with Gasteiger partial charge in [0.05, 0.1) is 0 Å². The normalized spacial score (nSPS) is 16.2. The van der Waals surface area contributed by atoms with Crippen LogP contribution in [0.25, 0.3) is 0 Å². The first kappa shape index (κ1) is 19.3. The molecule has 0 aliphatic carbocycles. The number of carbonyl (C=O) groups excluding carboxylic acids is 1. The minimum absolute atomic E-state index is 0.0211. The molecule has 0 spiro atoms. The van der Waals surface area contributed by atoms with Crippen LogP contribution in [-0.4, -0.2) is 44.0 Å². The molecule has 0 saturated carbocycles. The average Bonchev–Trinajstić information content (AvgIpc) is 2.67. The van der Waals surface area contributed by atoms with E-state index in [0.717, 1.165) is 6.07 Å². The third-order valence-corrected chi connectivity index (χ3v) is 4.49. The van der Waals surface area contributed by atoms with E-state index < -0.39 is 40.0 Å². The van der Waals surface area contributed by atoms with Crippen LogP contribution in [0.2, 0.25) is 0 Å². The van der Waals surface area contributed by atoms with Crippen LogP contribution < -0.4 is 4.18 Å². The monoisotopic (exact) mass is 391 g/mol. The zero-order valence-electron chi connectivity index (χ0n) is 12.3. The van der Waals surface area contributed by atoms with Crippen LogP contribution in [-0.2, 0) is 27.8 Å². The molecule has 1 aliphatic heterocycles. The van der Waals surface area contributed by atoms with Crippen molar-refractivity contribution in [3.63, 3.8) is 0 Å². The van der Waals surface area contributed by atoms with E-state index in [-0.39, 0.29) is 24.9 Å². The number of carbonyl (C=O) groups is 1. The van der Waals surface area contributed by atoms with Gasteiger partial charge in [-0.05, 0) is 24.5 Å². The number of alkyl halides is 6. The lowest BCUT2D eigenvalue weighted by Gasteiger charge is -2.21. The van der Waals surface area contributed by atoms with Crippen molar-refractivity contribution in [3.8, 4) is 5.75 Å². The minimum Gasteiger partial charge on any atom is -0.376 e. The van der Waals surface area contributed by atoms with Gasteiger partial charge in [-0.25, -0.2) is 0 Å². The van der Waals surface area contributed by atoms with Crippen LogP contribution in [0.3, 0.4) is 0 Å². The van der Waals surface area contributed by atoms with Gasteiger partial charge in [0.1, 0.15) is 5.75 Å². The number of amides is 1. The molecule has 140 valence electrons. The molecular formula is C13H11F6NO4S. The second-order valence-corrected chi connectivity index (χ2v) is 6.70. The van der Waals surface area contributed by atoms with Crippen molar-refractivity contribution in [2.75, 3.05) is 13.1 Å². The van der Waals surface area contributed by atoms with Crippen LogP contribution in [0.15, 0.2) is 18.2 Å². The number of hydrogen-bond acceptors (Lipinski definition) is 4. The van der Waals surface area contributed by atoms with Crippen molar-refractivity contribution in [3.05, 3.63) is 29.3 Å². The molecule has 0 N–H and O–H groups in total. The van der Waals surface area contributed by atoms with E-state index in [4.69, 9.17) is 0 Å². The van der Waals surface area contributed by atoms with Crippen molar-refractivity contribution in [1.82, 2.24) is 4.90 Å². The summed E-state index contributed by atoms with van der Waals surface area (Å²) < 4.78 is 101. The lowest BCUT2D eigenvalue weighted by Crippen LogP contribution is -2.42. The van der Waals surface area contributed by atoms with E-state index in [0.29, 0.717) is 10.5 Å². The Morgan fingerprint density at radius 3 is 2.20 bits per heavy atom. The maximum absolute atomic E-state index is 12.5. The topological polar surface area (TPSA) is 63.7 Å². The van der Waals surface area contributed by atoms with Crippen LogP contribution in [0.5, 0.6) is 5.75 Å². The fourth-order valence-electron chi connectivity index (χ4n) is 2.37. The maximum Gasteiger partial charge on any atom is 0.534 e. The van der Waals surface area contributed by atoms with Gasteiger partial charge in [0, 0.05) is 18.7 Å². The van der Waals surface area contributed by atoms with Gasteiger partial charge in [-0.15, -0.1) is 0 Å². The summed E-state index contributed by atoms with van der Waals surface area (Å²) in [5.41, 5.74) is -5.31. The summed E-state index contributed by atoms with van der Waals surface area (Å²) in [5.74, 6) is -2.68. The molecule has 0 atom stereocenters. The highest BCUT2D eigenvalue weighted by Gasteiger charge is 2.49. The Hall–Kier alpha value is -1.98. The molecule has 2 rings (SSSR count). The highest BCUT2D eigenvalue weighted by atomic mass is 32.2. The van der Waals surface area contributed by atoms with Crippen molar-refractivity contribution < 1.29 is 43.7 Å². The fourth-order valence-corrected chi connectivity index (χ4v) is 2.86. The average molecular weight is 391 g/mol. The molecule has 1 heterocycles. The number of fused-ring (bicyclic) bond motifs is 1. The van der Waals surface area contributed by atoms with E-state index >= 15 is 0 Å². The SMILES string of the molecule is O=C(N1CCc2cccc(OS(=O)(=O)C(F)(F)F)c2CC1)C(F)(F)F. The molecule has 0 aromatic heterocycles. The molecule has 0 unspecified atom stereocenters. The molecule has 1 aliphatic rings. The smallest absolute Gasteiger partial charge is 0.376 e. The number of hydrogen-bond donors (Lipinski definition) is 0. The molecular weight excluding hydrogens is 380 g/mol. The van der Waals surface area contributed by atoms with Crippen molar-refractivity contribution in [1.29, 1.82) is 0 Å². The lowest BCUT2D eigenvalue weighted by molar-refractivity contribution is -0.185. The summed E-state index contributed by atoms with van der Waals surface area (Å²) in [6.45, 7) is -0.738. The molecule has 0 bridgehead atoms. The maximum atomic E-state index is 12.5. The van der Waals surface area contributed by atoms with Gasteiger partial charge in [-0.3, -0.25) is 4.79 Å². The first-order chi connectivity index (χ1) is 11.3. The van der Waals surface area contributed by atoms with Gasteiger partial charge in [0.15, 0.2) is 0 Å². The van der Waals surface area contributed by atoms with Gasteiger partial charge in [0.2, 0.25) is 0 Å². The largest absolute Gasteiger partial charge is 0.534 e. The second kappa shape index (κ2) is 6.39. The van der Waals surface area contributed by atoms with Gasteiger partial charge >= 0.3 is 27.7 Å². The van der Waals surface area contributed by atoms with Gasteiger partial charge in [-0.1, -0.05) is 12.1 Å². The molecule has 1 aromatic rings.